The molecule has 1 atom stereocenters. The summed E-state index contributed by atoms with van der Waals surface area (Å²) in [6.07, 6.45) is -4.66. The highest BCUT2D eigenvalue weighted by molar-refractivity contribution is 5.82. The highest BCUT2D eigenvalue weighted by Crippen LogP contribution is 2.49. The van der Waals surface area contributed by atoms with Crippen LogP contribution in [0.4, 0.5) is 22.0 Å². The molecule has 1 unspecified atom stereocenters. The largest absolute Gasteiger partial charge is 0.471 e. The zero-order valence-corrected chi connectivity index (χ0v) is 14.7. The number of amides is 1. The van der Waals surface area contributed by atoms with Crippen molar-refractivity contribution in [1.82, 2.24) is 15.2 Å². The lowest BCUT2D eigenvalue weighted by molar-refractivity contribution is -0.194. The number of benzene rings is 1. The molecular formula is C17H16F5N3O3. The van der Waals surface area contributed by atoms with Gasteiger partial charge in [0.05, 0.1) is 13.2 Å². The highest BCUT2D eigenvalue weighted by Gasteiger charge is 2.62. The van der Waals surface area contributed by atoms with Crippen molar-refractivity contribution in [3.63, 3.8) is 0 Å². The van der Waals surface area contributed by atoms with Gasteiger partial charge in [-0.15, -0.1) is 0 Å². The number of aromatic nitrogens is 2. The van der Waals surface area contributed by atoms with Gasteiger partial charge in [0.2, 0.25) is 5.82 Å². The van der Waals surface area contributed by atoms with Gasteiger partial charge in [0, 0.05) is 12.0 Å². The normalized spacial score (nSPS) is 18.1. The third-order valence-electron chi connectivity index (χ3n) is 4.03. The Bertz CT molecular complexity index is 835. The molecule has 6 nitrogen and oxygen atoms in total. The molecule has 1 amide bonds. The molecule has 11 heteroatoms. The summed E-state index contributed by atoms with van der Waals surface area (Å²) < 4.78 is 68.1. The average Bonchev–Trinajstić information content (AvgIpc) is 3.05. The Labute approximate surface area is 156 Å². The quantitative estimate of drug-likeness (QED) is 0.513. The smallest absolute Gasteiger partial charge is 0.329 e. The number of alkyl halides is 5. The molecule has 0 spiro atoms. The van der Waals surface area contributed by atoms with Gasteiger partial charge in [0.1, 0.15) is 5.92 Å². The van der Waals surface area contributed by atoms with Crippen LogP contribution in [0.15, 0.2) is 28.8 Å². The van der Waals surface area contributed by atoms with Crippen molar-refractivity contribution in [1.29, 1.82) is 0 Å². The number of hydrogen-bond donors (Lipinski definition) is 0. The van der Waals surface area contributed by atoms with Crippen molar-refractivity contribution >= 4 is 5.91 Å². The van der Waals surface area contributed by atoms with Crippen molar-refractivity contribution in [2.24, 2.45) is 5.92 Å². The van der Waals surface area contributed by atoms with Crippen LogP contribution in [0.5, 0.6) is 0 Å². The molecule has 1 aromatic carbocycles. The Morgan fingerprint density at radius 3 is 2.46 bits per heavy atom. The van der Waals surface area contributed by atoms with Gasteiger partial charge in [0.25, 0.3) is 11.8 Å². The number of carbonyl (C=O) groups excluding carboxylic acids is 1. The van der Waals surface area contributed by atoms with Gasteiger partial charge < -0.3 is 4.52 Å². The van der Waals surface area contributed by atoms with Crippen molar-refractivity contribution in [3.8, 4) is 11.4 Å². The Morgan fingerprint density at radius 2 is 1.96 bits per heavy atom. The van der Waals surface area contributed by atoms with Gasteiger partial charge >= 0.3 is 12.1 Å². The Balaban J connectivity index is 1.70. The van der Waals surface area contributed by atoms with Crippen LogP contribution in [-0.2, 0) is 22.4 Å². The van der Waals surface area contributed by atoms with Crippen molar-refractivity contribution in [2.45, 2.75) is 38.4 Å². The van der Waals surface area contributed by atoms with Gasteiger partial charge in [-0.25, -0.2) is 13.8 Å². The molecule has 0 radical (unpaired) electrons. The average molecular weight is 405 g/mol. The third kappa shape index (κ3) is 4.46. The molecule has 1 fully saturated rings. The minimum atomic E-state index is -4.74. The molecule has 152 valence electrons. The van der Waals surface area contributed by atoms with Crippen molar-refractivity contribution < 1.29 is 36.1 Å². The van der Waals surface area contributed by atoms with E-state index in [-0.39, 0.29) is 24.5 Å². The number of carbonyl (C=O) groups is 1. The predicted octanol–water partition coefficient (Wildman–Crippen LogP) is 4.08. The fourth-order valence-electron chi connectivity index (χ4n) is 2.42. The lowest BCUT2D eigenvalue weighted by Crippen LogP contribution is -2.33. The molecule has 1 aliphatic rings. The monoisotopic (exact) mass is 405 g/mol. The van der Waals surface area contributed by atoms with E-state index in [1.807, 2.05) is 6.92 Å². The lowest BCUT2D eigenvalue weighted by Gasteiger charge is -2.22. The van der Waals surface area contributed by atoms with Gasteiger partial charge in [-0.1, -0.05) is 36.3 Å². The minimum Gasteiger partial charge on any atom is -0.329 e. The summed E-state index contributed by atoms with van der Waals surface area (Å²) in [7, 11) is 0. The molecule has 1 aromatic heterocycles. The number of nitrogens with zero attached hydrogens (tertiary/aromatic N) is 3. The molecular weight excluding hydrogens is 389 g/mol. The molecule has 0 aliphatic heterocycles. The summed E-state index contributed by atoms with van der Waals surface area (Å²) in [4.78, 5) is 20.8. The van der Waals surface area contributed by atoms with Gasteiger partial charge in [-0.05, 0) is 12.0 Å². The van der Waals surface area contributed by atoms with E-state index in [2.05, 4.69) is 14.7 Å². The Kier molecular flexibility index (Phi) is 5.37. The molecule has 2 aromatic rings. The zero-order valence-electron chi connectivity index (χ0n) is 14.7. The van der Waals surface area contributed by atoms with E-state index in [9.17, 15) is 26.7 Å². The second-order valence-corrected chi connectivity index (χ2v) is 6.34. The summed E-state index contributed by atoms with van der Waals surface area (Å²) in [5, 5.41) is 4.18. The van der Waals surface area contributed by atoms with Crippen LogP contribution in [0.3, 0.4) is 0 Å². The fourth-order valence-corrected chi connectivity index (χ4v) is 2.42. The second kappa shape index (κ2) is 7.46. The second-order valence-electron chi connectivity index (χ2n) is 6.34. The summed E-state index contributed by atoms with van der Waals surface area (Å²) in [6.45, 7) is 1.92. The zero-order chi connectivity index (χ0) is 20.5. The van der Waals surface area contributed by atoms with E-state index in [0.29, 0.717) is 12.0 Å². The van der Waals surface area contributed by atoms with Crippen LogP contribution < -0.4 is 0 Å². The SMILES string of the molecule is CCCON(Cc1ccc(-c2noc(C(F)(F)F)n2)cc1)C(=O)C1CC1(F)F. The van der Waals surface area contributed by atoms with E-state index in [4.69, 9.17) is 4.84 Å². The van der Waals surface area contributed by atoms with E-state index in [1.165, 1.54) is 24.3 Å². The first-order valence-corrected chi connectivity index (χ1v) is 8.44. The van der Waals surface area contributed by atoms with Gasteiger partial charge in [-0.2, -0.15) is 18.2 Å². The molecule has 1 saturated carbocycles. The molecule has 3 rings (SSSR count). The van der Waals surface area contributed by atoms with E-state index in [0.717, 1.165) is 5.06 Å². The number of halogens is 5. The first-order valence-electron chi connectivity index (χ1n) is 8.44. The van der Waals surface area contributed by atoms with Crippen LogP contribution in [0.2, 0.25) is 0 Å². The molecule has 0 saturated heterocycles. The first-order chi connectivity index (χ1) is 13.1. The topological polar surface area (TPSA) is 68.5 Å². The van der Waals surface area contributed by atoms with E-state index < -0.39 is 36.2 Å². The van der Waals surface area contributed by atoms with Crippen LogP contribution in [0.25, 0.3) is 11.4 Å². The summed E-state index contributed by atoms with van der Waals surface area (Å²) >= 11 is 0. The Morgan fingerprint density at radius 1 is 1.32 bits per heavy atom. The van der Waals surface area contributed by atoms with Crippen LogP contribution in [0.1, 0.15) is 31.2 Å². The number of hydroxylamine groups is 2. The van der Waals surface area contributed by atoms with Crippen LogP contribution in [-0.4, -0.2) is 33.6 Å². The van der Waals surface area contributed by atoms with E-state index in [1.54, 1.807) is 0 Å². The maximum absolute atomic E-state index is 13.2. The molecule has 1 aliphatic carbocycles. The standard InChI is InChI=1S/C17H16F5N3O3/c1-2-7-27-25(14(26)12-8-16(12,18)19)9-10-3-5-11(6-4-10)13-23-15(28-24-13)17(20,21)22/h3-6,12H,2,7-9H2,1H3. The first kappa shape index (κ1) is 20.2. The maximum atomic E-state index is 13.2. The molecule has 0 bridgehead atoms. The number of rotatable bonds is 7. The van der Waals surface area contributed by atoms with Gasteiger partial charge in [-0.3, -0.25) is 9.63 Å². The molecule has 0 N–H and O–H groups in total. The minimum absolute atomic E-state index is 0.0776. The van der Waals surface area contributed by atoms with E-state index >= 15 is 0 Å². The van der Waals surface area contributed by atoms with Gasteiger partial charge in [0.15, 0.2) is 0 Å². The lowest BCUT2D eigenvalue weighted by atomic mass is 10.1. The summed E-state index contributed by atoms with van der Waals surface area (Å²) in [6, 6.07) is 5.91. The van der Waals surface area contributed by atoms with Crippen LogP contribution in [0, 0.1) is 5.92 Å². The molecule has 1 heterocycles. The van der Waals surface area contributed by atoms with Crippen molar-refractivity contribution in [2.75, 3.05) is 6.61 Å². The maximum Gasteiger partial charge on any atom is 0.471 e. The third-order valence-corrected chi connectivity index (χ3v) is 4.03. The summed E-state index contributed by atoms with van der Waals surface area (Å²) in [5.41, 5.74) is 0.806. The van der Waals surface area contributed by atoms with Crippen LogP contribution >= 0.6 is 0 Å². The fraction of sp³-hybridized carbons (Fsp3) is 0.471. The predicted molar refractivity (Wildman–Crippen MR) is 84.6 cm³/mol. The summed E-state index contributed by atoms with van der Waals surface area (Å²) in [5.74, 6) is -6.89. The van der Waals surface area contributed by atoms with Crippen molar-refractivity contribution in [3.05, 3.63) is 35.7 Å². The molecule has 28 heavy (non-hydrogen) atoms. The highest BCUT2D eigenvalue weighted by atomic mass is 19.4. The Hall–Kier alpha value is -2.56. The number of hydrogen-bond acceptors (Lipinski definition) is 5.